The Hall–Kier alpha value is -1.13. The predicted octanol–water partition coefficient (Wildman–Crippen LogP) is 2.28. The van der Waals surface area contributed by atoms with E-state index in [1.807, 2.05) is 13.8 Å². The van der Waals surface area contributed by atoms with Crippen LogP contribution in [0.2, 0.25) is 5.02 Å². The fourth-order valence-electron chi connectivity index (χ4n) is 2.44. The van der Waals surface area contributed by atoms with Gasteiger partial charge >= 0.3 is 0 Å². The monoisotopic (exact) mass is 282 g/mol. The first kappa shape index (κ1) is 14.3. The second kappa shape index (κ2) is 5.88. The molecule has 0 bridgehead atoms. The minimum absolute atomic E-state index is 0.0680. The molecular weight excluding hydrogens is 264 g/mol. The van der Waals surface area contributed by atoms with Crippen molar-refractivity contribution in [1.82, 2.24) is 9.88 Å². The van der Waals surface area contributed by atoms with E-state index < -0.39 is 0 Å². The molecule has 1 atom stereocenters. The fraction of sp³-hybridized carbons (Fsp3) is 0.571. The summed E-state index contributed by atoms with van der Waals surface area (Å²) in [6.07, 6.45) is 2.91. The molecule has 5 heteroatoms. The zero-order valence-electron chi connectivity index (χ0n) is 11.3. The molecule has 0 aromatic carbocycles. The van der Waals surface area contributed by atoms with Crippen molar-refractivity contribution in [2.45, 2.75) is 32.8 Å². The summed E-state index contributed by atoms with van der Waals surface area (Å²) < 4.78 is 0. The lowest BCUT2D eigenvalue weighted by atomic mass is 9.92. The van der Waals surface area contributed by atoms with Crippen molar-refractivity contribution in [3.63, 3.8) is 0 Å². The van der Waals surface area contributed by atoms with Gasteiger partial charge in [-0.05, 0) is 38.7 Å². The van der Waals surface area contributed by atoms with E-state index in [1.165, 1.54) is 0 Å². The molecule has 0 radical (unpaired) electrons. The lowest BCUT2D eigenvalue weighted by Gasteiger charge is -2.33. The molecule has 1 fully saturated rings. The Labute approximate surface area is 118 Å². The van der Waals surface area contributed by atoms with Crippen LogP contribution in [-0.2, 0) is 0 Å². The van der Waals surface area contributed by atoms with E-state index >= 15 is 0 Å². The average molecular weight is 283 g/mol. The van der Waals surface area contributed by atoms with E-state index in [0.717, 1.165) is 18.5 Å². The minimum atomic E-state index is -0.304. The third-order valence-corrected chi connectivity index (χ3v) is 4.04. The van der Waals surface area contributed by atoms with E-state index in [0.29, 0.717) is 23.7 Å². The van der Waals surface area contributed by atoms with Gasteiger partial charge in [-0.3, -0.25) is 9.78 Å². The van der Waals surface area contributed by atoms with Crippen molar-refractivity contribution in [1.29, 1.82) is 0 Å². The number of aliphatic hydroxyl groups is 1. The first-order valence-electron chi connectivity index (χ1n) is 6.58. The molecule has 1 amide bonds. The Bertz CT molecular complexity index is 469. The van der Waals surface area contributed by atoms with Crippen molar-refractivity contribution in [3.8, 4) is 0 Å². The molecule has 4 nitrogen and oxygen atoms in total. The highest BCUT2D eigenvalue weighted by Crippen LogP contribution is 2.24. The number of halogens is 1. The highest BCUT2D eigenvalue weighted by atomic mass is 35.5. The van der Waals surface area contributed by atoms with Crippen molar-refractivity contribution in [2.24, 2.45) is 5.92 Å². The van der Waals surface area contributed by atoms with Crippen LogP contribution in [0.15, 0.2) is 12.3 Å². The number of nitrogens with zero attached hydrogens (tertiary/aromatic N) is 2. The van der Waals surface area contributed by atoms with E-state index in [-0.39, 0.29) is 17.9 Å². The van der Waals surface area contributed by atoms with Gasteiger partial charge in [-0.15, -0.1) is 0 Å². The summed E-state index contributed by atoms with van der Waals surface area (Å²) in [5, 5.41) is 10.0. The van der Waals surface area contributed by atoms with Gasteiger partial charge in [0.1, 0.15) is 0 Å². The van der Waals surface area contributed by atoms with Crippen LogP contribution in [0.25, 0.3) is 0 Å². The second-order valence-electron chi connectivity index (χ2n) is 5.18. The summed E-state index contributed by atoms with van der Waals surface area (Å²) in [7, 11) is 0. The predicted molar refractivity (Wildman–Crippen MR) is 74.3 cm³/mol. The first-order valence-corrected chi connectivity index (χ1v) is 6.96. The summed E-state index contributed by atoms with van der Waals surface area (Å²) >= 11 is 6.10. The van der Waals surface area contributed by atoms with Crippen molar-refractivity contribution in [3.05, 3.63) is 28.5 Å². The van der Waals surface area contributed by atoms with Gasteiger partial charge < -0.3 is 10.0 Å². The third-order valence-electron chi connectivity index (χ3n) is 3.73. The lowest BCUT2D eigenvalue weighted by Crippen LogP contribution is -2.40. The van der Waals surface area contributed by atoms with Gasteiger partial charge in [-0.2, -0.15) is 0 Å². The van der Waals surface area contributed by atoms with E-state index in [9.17, 15) is 9.90 Å². The zero-order chi connectivity index (χ0) is 14.0. The number of pyridine rings is 1. The van der Waals surface area contributed by atoms with Gasteiger partial charge in [0.05, 0.1) is 16.7 Å². The lowest BCUT2D eigenvalue weighted by molar-refractivity contribution is 0.0521. The smallest absolute Gasteiger partial charge is 0.256 e. The molecule has 1 unspecified atom stereocenters. The summed E-state index contributed by atoms with van der Waals surface area (Å²) in [5.74, 6) is 0.220. The number of aryl methyl sites for hydroxylation is 1. The van der Waals surface area contributed by atoms with Gasteiger partial charge in [-0.1, -0.05) is 11.6 Å². The molecule has 19 heavy (non-hydrogen) atoms. The Morgan fingerprint density at radius 1 is 1.53 bits per heavy atom. The van der Waals surface area contributed by atoms with Crippen LogP contribution in [-0.4, -0.2) is 40.1 Å². The highest BCUT2D eigenvalue weighted by Gasteiger charge is 2.27. The molecule has 1 aliphatic heterocycles. The topological polar surface area (TPSA) is 53.4 Å². The van der Waals surface area contributed by atoms with Gasteiger partial charge in [0, 0.05) is 25.0 Å². The molecule has 0 spiro atoms. The number of carbonyl (C=O) groups is 1. The second-order valence-corrected chi connectivity index (χ2v) is 5.58. The molecule has 2 heterocycles. The molecular formula is C14H19ClN2O2. The maximum atomic E-state index is 12.3. The fourth-order valence-corrected chi connectivity index (χ4v) is 2.73. The van der Waals surface area contributed by atoms with Crippen LogP contribution in [0.1, 0.15) is 35.8 Å². The van der Waals surface area contributed by atoms with Gasteiger partial charge in [-0.25, -0.2) is 0 Å². The molecule has 1 aromatic heterocycles. The van der Waals surface area contributed by atoms with Crippen molar-refractivity contribution >= 4 is 17.5 Å². The summed E-state index contributed by atoms with van der Waals surface area (Å²) in [4.78, 5) is 18.3. The van der Waals surface area contributed by atoms with Crippen molar-refractivity contribution in [2.75, 3.05) is 13.1 Å². The van der Waals surface area contributed by atoms with Crippen molar-refractivity contribution < 1.29 is 9.90 Å². The molecule has 1 aliphatic rings. The van der Waals surface area contributed by atoms with E-state index in [2.05, 4.69) is 4.98 Å². The van der Waals surface area contributed by atoms with Crippen LogP contribution in [0, 0.1) is 12.8 Å². The molecule has 1 aromatic rings. The van der Waals surface area contributed by atoms with Gasteiger partial charge in [0.25, 0.3) is 5.91 Å². The summed E-state index contributed by atoms with van der Waals surface area (Å²) in [6, 6.07) is 1.71. The third kappa shape index (κ3) is 3.25. The standard InChI is InChI=1S/C14H19ClN2O2/c1-9-7-13(15)12(8-16-9)14(19)17-5-3-11(4-6-17)10(2)18/h7-8,10-11,18H,3-6H2,1-2H3. The first-order chi connectivity index (χ1) is 8.99. The number of rotatable bonds is 2. The Balaban J connectivity index is 2.05. The summed E-state index contributed by atoms with van der Waals surface area (Å²) in [6.45, 7) is 4.98. The minimum Gasteiger partial charge on any atom is -0.393 e. The van der Waals surface area contributed by atoms with Crippen LogP contribution < -0.4 is 0 Å². The van der Waals surface area contributed by atoms with Crippen LogP contribution in [0.3, 0.4) is 0 Å². The number of aromatic nitrogens is 1. The molecule has 104 valence electrons. The largest absolute Gasteiger partial charge is 0.393 e. The number of carbonyl (C=O) groups excluding carboxylic acids is 1. The highest BCUT2D eigenvalue weighted by molar-refractivity contribution is 6.33. The molecule has 0 saturated carbocycles. The van der Waals surface area contributed by atoms with Gasteiger partial charge in [0.2, 0.25) is 0 Å². The SMILES string of the molecule is Cc1cc(Cl)c(C(=O)N2CCC(C(C)O)CC2)cn1. The molecule has 1 saturated heterocycles. The summed E-state index contributed by atoms with van der Waals surface area (Å²) in [5.41, 5.74) is 1.26. The Morgan fingerprint density at radius 3 is 2.68 bits per heavy atom. The number of hydrogen-bond donors (Lipinski definition) is 1. The molecule has 1 N–H and O–H groups in total. The van der Waals surface area contributed by atoms with E-state index in [4.69, 9.17) is 11.6 Å². The quantitative estimate of drug-likeness (QED) is 0.905. The number of piperidine rings is 1. The van der Waals surface area contributed by atoms with Gasteiger partial charge in [0.15, 0.2) is 0 Å². The Morgan fingerprint density at radius 2 is 2.16 bits per heavy atom. The van der Waals surface area contributed by atoms with E-state index in [1.54, 1.807) is 17.2 Å². The van der Waals surface area contributed by atoms with Crippen LogP contribution >= 0.6 is 11.6 Å². The number of likely N-dealkylation sites (tertiary alicyclic amines) is 1. The average Bonchev–Trinajstić information content (AvgIpc) is 2.38. The maximum absolute atomic E-state index is 12.3. The number of aliphatic hydroxyl groups excluding tert-OH is 1. The zero-order valence-corrected chi connectivity index (χ0v) is 12.0. The number of hydrogen-bond acceptors (Lipinski definition) is 3. The maximum Gasteiger partial charge on any atom is 0.256 e. The Kier molecular flexibility index (Phi) is 4.42. The molecule has 0 aliphatic carbocycles. The molecule has 2 rings (SSSR count). The normalized spacial score (nSPS) is 18.4. The number of amides is 1. The van der Waals surface area contributed by atoms with Crippen LogP contribution in [0.5, 0.6) is 0 Å². The van der Waals surface area contributed by atoms with Crippen LogP contribution in [0.4, 0.5) is 0 Å².